The van der Waals surface area contributed by atoms with Crippen LogP contribution in [0, 0.1) is 0 Å². The lowest BCUT2D eigenvalue weighted by Crippen LogP contribution is -2.33. The summed E-state index contributed by atoms with van der Waals surface area (Å²) in [6.07, 6.45) is 1.15. The molecule has 0 radical (unpaired) electrons. The number of alkyl halides is 1. The Morgan fingerprint density at radius 1 is 1.33 bits per heavy atom. The van der Waals surface area contributed by atoms with Gasteiger partial charge in [-0.2, -0.15) is 0 Å². The van der Waals surface area contributed by atoms with Gasteiger partial charge in [-0.3, -0.25) is 0 Å². The van der Waals surface area contributed by atoms with Gasteiger partial charge in [-0.05, 0) is 12.2 Å². The molecule has 0 saturated heterocycles. The van der Waals surface area contributed by atoms with Gasteiger partial charge in [0.25, 0.3) is 0 Å². The molecule has 1 aliphatic rings. The molecule has 0 aromatic heterocycles. The zero-order valence-corrected chi connectivity index (χ0v) is 5.42. The number of hydrogen-bond acceptors (Lipinski definition) is 2. The van der Waals surface area contributed by atoms with Crippen LogP contribution in [0.1, 0.15) is 0 Å². The minimum absolute atomic E-state index is 0.509. The summed E-state index contributed by atoms with van der Waals surface area (Å²) < 4.78 is 0. The molecule has 0 saturated carbocycles. The summed E-state index contributed by atoms with van der Waals surface area (Å²) >= 11 is 5.51. The van der Waals surface area contributed by atoms with E-state index in [0.29, 0.717) is 0 Å². The standard InChI is InChI=1S/C6H7ClO2/c7-4-2-1-3-5(8)6(4)9/h2-6,8-9H. The van der Waals surface area contributed by atoms with Crippen LogP contribution >= 0.6 is 11.6 Å². The van der Waals surface area contributed by atoms with E-state index in [2.05, 4.69) is 5.73 Å². The average Bonchev–Trinajstić information content (AvgIpc) is 1.83. The SMILES string of the molecule is OC1C=C=CC(Cl)C1O. The average molecular weight is 147 g/mol. The minimum atomic E-state index is -0.882. The van der Waals surface area contributed by atoms with Crippen molar-refractivity contribution in [3.8, 4) is 0 Å². The van der Waals surface area contributed by atoms with Gasteiger partial charge in [0, 0.05) is 0 Å². The first-order valence-electron chi connectivity index (χ1n) is 2.65. The van der Waals surface area contributed by atoms with E-state index in [0.717, 1.165) is 0 Å². The molecule has 3 unspecified atom stereocenters. The van der Waals surface area contributed by atoms with Gasteiger partial charge in [0.2, 0.25) is 0 Å². The topological polar surface area (TPSA) is 40.5 Å². The molecule has 0 amide bonds. The van der Waals surface area contributed by atoms with Crippen LogP contribution < -0.4 is 0 Å². The second-order valence-corrected chi connectivity index (χ2v) is 2.43. The Morgan fingerprint density at radius 2 is 2.00 bits per heavy atom. The molecule has 50 valence electrons. The van der Waals surface area contributed by atoms with Gasteiger partial charge in [0.05, 0.1) is 5.38 Å². The van der Waals surface area contributed by atoms with Gasteiger partial charge in [-0.25, -0.2) is 0 Å². The smallest absolute Gasteiger partial charge is 0.107 e. The summed E-state index contributed by atoms with van der Waals surface area (Å²) in [5, 5.41) is 17.3. The fourth-order valence-electron chi connectivity index (χ4n) is 0.632. The van der Waals surface area contributed by atoms with Crippen LogP contribution in [0.3, 0.4) is 0 Å². The Hall–Kier alpha value is -0.270. The number of aliphatic hydroxyl groups is 2. The third kappa shape index (κ3) is 1.35. The second-order valence-electron chi connectivity index (χ2n) is 1.93. The van der Waals surface area contributed by atoms with Crippen LogP contribution in [0.4, 0.5) is 0 Å². The normalized spacial score (nSPS) is 41.4. The highest BCUT2D eigenvalue weighted by Crippen LogP contribution is 2.12. The molecule has 9 heavy (non-hydrogen) atoms. The minimum Gasteiger partial charge on any atom is -0.388 e. The summed E-state index contributed by atoms with van der Waals surface area (Å²) in [6, 6.07) is 0. The van der Waals surface area contributed by atoms with Crippen molar-refractivity contribution in [1.29, 1.82) is 0 Å². The Kier molecular flexibility index (Phi) is 1.94. The first kappa shape index (κ1) is 6.84. The van der Waals surface area contributed by atoms with Crippen molar-refractivity contribution in [2.75, 3.05) is 0 Å². The Bertz CT molecular complexity index is 146. The Morgan fingerprint density at radius 3 is 2.44 bits per heavy atom. The first-order chi connectivity index (χ1) is 4.22. The van der Waals surface area contributed by atoms with Crippen LogP contribution in [0.15, 0.2) is 17.9 Å². The van der Waals surface area contributed by atoms with Crippen molar-refractivity contribution in [1.82, 2.24) is 0 Å². The highest BCUT2D eigenvalue weighted by molar-refractivity contribution is 6.22. The van der Waals surface area contributed by atoms with Crippen LogP contribution in [0.2, 0.25) is 0 Å². The van der Waals surface area contributed by atoms with Crippen molar-refractivity contribution >= 4 is 11.6 Å². The fraction of sp³-hybridized carbons (Fsp3) is 0.500. The highest BCUT2D eigenvalue weighted by Gasteiger charge is 2.22. The molecule has 0 aliphatic heterocycles. The van der Waals surface area contributed by atoms with Crippen LogP contribution in [-0.4, -0.2) is 27.8 Å². The summed E-state index contributed by atoms with van der Waals surface area (Å²) in [5.74, 6) is 0. The van der Waals surface area contributed by atoms with E-state index in [9.17, 15) is 0 Å². The van der Waals surface area contributed by atoms with Crippen LogP contribution in [0.5, 0.6) is 0 Å². The zero-order chi connectivity index (χ0) is 6.85. The molecule has 1 aliphatic carbocycles. The summed E-state index contributed by atoms with van der Waals surface area (Å²) in [4.78, 5) is 0. The molecule has 2 nitrogen and oxygen atoms in total. The van der Waals surface area contributed by atoms with Gasteiger partial charge < -0.3 is 10.2 Å². The van der Waals surface area contributed by atoms with E-state index in [4.69, 9.17) is 21.8 Å². The molecule has 0 aromatic carbocycles. The fourth-order valence-corrected chi connectivity index (χ4v) is 0.853. The molecular formula is C6H7ClO2. The molecule has 2 N–H and O–H groups in total. The molecular weight excluding hydrogens is 140 g/mol. The van der Waals surface area contributed by atoms with Gasteiger partial charge in [0.1, 0.15) is 12.2 Å². The van der Waals surface area contributed by atoms with Crippen molar-refractivity contribution in [2.24, 2.45) is 0 Å². The lowest BCUT2D eigenvalue weighted by molar-refractivity contribution is 0.0514. The molecule has 3 heteroatoms. The molecule has 0 aromatic rings. The predicted octanol–water partition coefficient (Wildman–Crippen LogP) is 0.0405. The monoisotopic (exact) mass is 146 g/mol. The maximum absolute atomic E-state index is 8.96. The molecule has 1 rings (SSSR count). The van der Waals surface area contributed by atoms with Crippen molar-refractivity contribution in [3.05, 3.63) is 17.9 Å². The lowest BCUT2D eigenvalue weighted by atomic mass is 10.1. The Balaban J connectivity index is 2.73. The third-order valence-corrected chi connectivity index (χ3v) is 1.58. The molecule has 0 bridgehead atoms. The predicted molar refractivity (Wildman–Crippen MR) is 34.3 cm³/mol. The number of hydrogen-bond donors (Lipinski definition) is 2. The maximum Gasteiger partial charge on any atom is 0.107 e. The van der Waals surface area contributed by atoms with Gasteiger partial charge in [-0.15, -0.1) is 17.3 Å². The van der Waals surface area contributed by atoms with Crippen molar-refractivity contribution < 1.29 is 10.2 Å². The zero-order valence-electron chi connectivity index (χ0n) is 4.66. The first-order valence-corrected chi connectivity index (χ1v) is 3.08. The second kappa shape index (κ2) is 2.54. The van der Waals surface area contributed by atoms with E-state index in [1.807, 2.05) is 0 Å². The summed E-state index contributed by atoms with van der Waals surface area (Å²) in [6.45, 7) is 0. The molecule has 0 heterocycles. The van der Waals surface area contributed by atoms with E-state index >= 15 is 0 Å². The highest BCUT2D eigenvalue weighted by atomic mass is 35.5. The Labute approximate surface area is 58.1 Å². The lowest BCUT2D eigenvalue weighted by Gasteiger charge is -2.18. The van der Waals surface area contributed by atoms with E-state index < -0.39 is 17.6 Å². The summed E-state index contributed by atoms with van der Waals surface area (Å²) in [5.41, 5.74) is 2.62. The van der Waals surface area contributed by atoms with Gasteiger partial charge in [-0.1, -0.05) is 0 Å². The maximum atomic E-state index is 8.96. The number of rotatable bonds is 0. The third-order valence-electron chi connectivity index (χ3n) is 1.20. The van der Waals surface area contributed by atoms with Crippen molar-refractivity contribution in [3.63, 3.8) is 0 Å². The molecule has 0 fully saturated rings. The van der Waals surface area contributed by atoms with E-state index in [-0.39, 0.29) is 0 Å². The van der Waals surface area contributed by atoms with Crippen LogP contribution in [-0.2, 0) is 0 Å². The van der Waals surface area contributed by atoms with Crippen LogP contribution in [0.25, 0.3) is 0 Å². The van der Waals surface area contributed by atoms with Gasteiger partial charge in [0.15, 0.2) is 0 Å². The quantitative estimate of drug-likeness (QED) is 0.374. The largest absolute Gasteiger partial charge is 0.388 e. The number of halogens is 1. The summed E-state index contributed by atoms with van der Waals surface area (Å²) in [7, 11) is 0. The van der Waals surface area contributed by atoms with E-state index in [1.165, 1.54) is 12.2 Å². The molecule has 0 spiro atoms. The van der Waals surface area contributed by atoms with E-state index in [1.54, 1.807) is 0 Å². The van der Waals surface area contributed by atoms with Gasteiger partial charge >= 0.3 is 0 Å². The number of aliphatic hydroxyl groups excluding tert-OH is 2. The molecule has 3 atom stereocenters. The van der Waals surface area contributed by atoms with Crippen molar-refractivity contribution in [2.45, 2.75) is 17.6 Å².